The number of nitrogens with two attached hydrogens (primary N) is 1. The minimum absolute atomic E-state index is 0.0188. The predicted molar refractivity (Wildman–Crippen MR) is 319 cm³/mol. The summed E-state index contributed by atoms with van der Waals surface area (Å²) in [6, 6.07) is 27.8. The highest BCUT2D eigenvalue weighted by Gasteiger charge is 2.47. The number of carbonyl (C=O) groups is 2. The van der Waals surface area contributed by atoms with Crippen molar-refractivity contribution >= 4 is 61.9 Å². The minimum atomic E-state index is -0.854. The van der Waals surface area contributed by atoms with Crippen molar-refractivity contribution in [2.45, 2.75) is 133 Å². The maximum Gasteiger partial charge on any atom is 0.281 e. The van der Waals surface area contributed by atoms with E-state index in [4.69, 9.17) is 20.6 Å². The molecule has 4 aliphatic heterocycles. The van der Waals surface area contributed by atoms with Gasteiger partial charge in [0.05, 0.1) is 69.7 Å². The number of β-amino-alcohol motifs (C(OH)–C–C–N with tert-alkyl or cyclic N) is 1. The largest absolute Gasteiger partial charge is 0.391 e. The lowest BCUT2D eigenvalue weighted by Gasteiger charge is -2.34. The second kappa shape index (κ2) is 23.9. The molecule has 4 N–H and O–H groups in total. The molecule has 6 heterocycles. The van der Waals surface area contributed by atoms with Crippen molar-refractivity contribution in [2.75, 3.05) is 52.5 Å². The van der Waals surface area contributed by atoms with Gasteiger partial charge in [-0.3, -0.25) is 33.7 Å². The summed E-state index contributed by atoms with van der Waals surface area (Å²) >= 11 is 5.27. The molecule has 4 aromatic carbocycles. The summed E-state index contributed by atoms with van der Waals surface area (Å²) < 4.78 is 8.74. The molecule has 0 unspecified atom stereocenters. The Kier molecular flexibility index (Phi) is 16.3. The number of nitrogens with zero attached hydrogens (tertiary/aromatic N) is 8. The van der Waals surface area contributed by atoms with Crippen molar-refractivity contribution in [3.8, 4) is 16.1 Å². The number of likely N-dealkylation sites (tertiary alicyclic amines) is 2. The van der Waals surface area contributed by atoms with Gasteiger partial charge in [-0.05, 0) is 132 Å². The Labute approximate surface area is 480 Å². The Morgan fingerprint density at radius 1 is 0.925 bits per heavy atom. The van der Waals surface area contributed by atoms with Crippen LogP contribution in [0, 0.1) is 12.8 Å². The minimum Gasteiger partial charge on any atom is -0.391 e. The topological polar surface area (TPSA) is 184 Å². The number of nitrogens with one attached hydrogen (secondary N) is 1. The van der Waals surface area contributed by atoms with Crippen LogP contribution in [0.15, 0.2) is 110 Å². The Morgan fingerprint density at radius 2 is 1.68 bits per heavy atom. The molecule has 5 fully saturated rings. The molecule has 17 heteroatoms. The van der Waals surface area contributed by atoms with E-state index in [-0.39, 0.29) is 47.7 Å². The number of aliphatic hydroxyl groups excluding tert-OH is 1. The lowest BCUT2D eigenvalue weighted by molar-refractivity contribution is -0.141. The number of thiazole rings is 1. The molecule has 6 aliphatic rings. The van der Waals surface area contributed by atoms with Gasteiger partial charge in [0, 0.05) is 49.2 Å². The van der Waals surface area contributed by atoms with Gasteiger partial charge in [0.1, 0.15) is 23.6 Å². The van der Waals surface area contributed by atoms with Crippen LogP contribution in [0.1, 0.15) is 135 Å². The van der Waals surface area contributed by atoms with Gasteiger partial charge < -0.3 is 25.9 Å². The number of hydrogen-bond acceptors (Lipinski definition) is 13. The van der Waals surface area contributed by atoms with Gasteiger partial charge in [0.2, 0.25) is 11.8 Å². The molecular weight excluding hydrogens is 1090 g/mol. The van der Waals surface area contributed by atoms with Crippen molar-refractivity contribution in [3.05, 3.63) is 145 Å². The second-order valence-electron chi connectivity index (χ2n) is 23.3. The quantitative estimate of drug-likeness (QED) is 0.0540. The molecule has 2 aliphatic carbocycles. The van der Waals surface area contributed by atoms with E-state index in [0.717, 1.165) is 146 Å². The summed E-state index contributed by atoms with van der Waals surface area (Å²) in [5.74, 6) is 6.89. The average Bonchev–Trinajstić information content (AvgIpc) is 4.28. The van der Waals surface area contributed by atoms with Gasteiger partial charge in [-0.1, -0.05) is 105 Å². The smallest absolute Gasteiger partial charge is 0.281 e. The summed E-state index contributed by atoms with van der Waals surface area (Å²) in [4.78, 5) is 64.9. The van der Waals surface area contributed by atoms with Gasteiger partial charge in [0.25, 0.3) is 5.56 Å². The fraction of sp³-hybridized carbons (Fsp3) is 0.476. The molecule has 12 rings (SSSR count). The highest BCUT2D eigenvalue weighted by Crippen LogP contribution is 2.52. The molecule has 1 spiro atoms. The molecule has 2 aromatic heterocycles. The number of benzene rings is 4. The van der Waals surface area contributed by atoms with Crippen LogP contribution in [0.4, 0.5) is 0 Å². The Morgan fingerprint density at radius 3 is 2.40 bits per heavy atom. The number of aliphatic hydroxyl groups is 1. The van der Waals surface area contributed by atoms with Crippen molar-refractivity contribution in [3.63, 3.8) is 0 Å². The zero-order valence-corrected chi connectivity index (χ0v) is 48.2. The normalized spacial score (nSPS) is 22.0. The molecule has 2 saturated carbocycles. The first-order chi connectivity index (χ1) is 39.0. The maximum atomic E-state index is 14.9. The average molecular weight is 1160 g/mol. The second-order valence-corrected chi connectivity index (χ2v) is 25.0. The molecule has 418 valence electrons. The summed E-state index contributed by atoms with van der Waals surface area (Å²) in [6.45, 7) is 8.19. The van der Waals surface area contributed by atoms with Crippen molar-refractivity contribution < 1.29 is 19.4 Å². The number of hydrazone groups is 1. The highest BCUT2D eigenvalue weighted by atomic mass is 79.9. The number of hydrogen-bond donors (Lipinski definition) is 3. The molecule has 3 saturated heterocycles. The molecule has 15 nitrogen and oxygen atoms in total. The summed E-state index contributed by atoms with van der Waals surface area (Å²) in [5.41, 5.74) is 11.7. The van der Waals surface area contributed by atoms with Crippen molar-refractivity contribution in [2.24, 2.45) is 21.9 Å². The number of halogens is 1. The predicted octanol–water partition coefficient (Wildman–Crippen LogP) is 9.36. The summed E-state index contributed by atoms with van der Waals surface area (Å²) in [5, 5.41) is 19.3. The molecule has 6 aromatic rings. The number of morpholine rings is 1. The van der Waals surface area contributed by atoms with E-state index in [0.29, 0.717) is 36.8 Å². The molecular formula is C63H73BrN10O5S. The van der Waals surface area contributed by atoms with Gasteiger partial charge in [-0.2, -0.15) is 10.1 Å². The number of aryl methyl sites for hydroxylation is 1. The van der Waals surface area contributed by atoms with Crippen LogP contribution in [0.5, 0.6) is 0 Å². The number of amides is 2. The first-order valence-electron chi connectivity index (χ1n) is 29.1. The first-order valence-corrected chi connectivity index (χ1v) is 30.8. The number of carbonyl (C=O) groups excluding carboxylic acids is 2. The van der Waals surface area contributed by atoms with Gasteiger partial charge in [-0.15, -0.1) is 11.3 Å². The Bertz CT molecular complexity index is 3340. The number of aromatic nitrogens is 3. The fourth-order valence-corrected chi connectivity index (χ4v) is 15.4. The lowest BCUT2D eigenvalue weighted by atomic mass is 9.69. The molecule has 0 radical (unpaired) electrons. The number of fused-ring (bicyclic) bond motifs is 7. The summed E-state index contributed by atoms with van der Waals surface area (Å²) in [7, 11) is 0. The van der Waals surface area contributed by atoms with E-state index in [9.17, 15) is 19.5 Å². The Balaban J connectivity index is 0.709. The van der Waals surface area contributed by atoms with E-state index < -0.39 is 18.2 Å². The Hall–Kier alpha value is -5.95. The summed E-state index contributed by atoms with van der Waals surface area (Å²) in [6.07, 6.45) is 13.3. The van der Waals surface area contributed by atoms with E-state index in [2.05, 4.69) is 106 Å². The van der Waals surface area contributed by atoms with Crippen LogP contribution in [-0.2, 0) is 26.3 Å². The number of piperidine rings is 1. The number of ether oxygens (including phenoxy) is 1. The molecule has 2 amide bonds. The van der Waals surface area contributed by atoms with E-state index in [1.165, 1.54) is 28.8 Å². The van der Waals surface area contributed by atoms with Crippen LogP contribution < -0.4 is 16.7 Å². The number of rotatable bonds is 14. The zero-order chi connectivity index (χ0) is 54.9. The lowest BCUT2D eigenvalue weighted by Crippen LogP contribution is -2.52. The first kappa shape index (κ1) is 54.6. The van der Waals surface area contributed by atoms with Gasteiger partial charge in [-0.25, -0.2) is 4.98 Å². The van der Waals surface area contributed by atoms with Gasteiger partial charge in [0.15, 0.2) is 0 Å². The standard InChI is InChI=1S/C63H73BrN10O5S/c1-40-58(80-39-67-40)46-19-17-44(18-20-46)52(38-72-29-31-79-32-30-72)68-59(76)55-34-48(75)37-73(55)61(78)57(45-9-4-2-5-10-45)66-35-51(70-65)43-15-13-41(14-16-43)36-71-27-23-42(24-28-71)47-21-22-49-54(33-47)74-53-12-8-11-50(64)56(53)60(77)69-62(74)63(49)25-6-3-7-26-63/h8,11-22,33,35,39,42,45,48,52,55,57,75H,2-7,9-10,23-32,34,36-38,65H2,1H3,(H,68,76)/b66-35?,70-51+/t48-,52+,55+,57+/m1/s1. The molecule has 80 heavy (non-hydrogen) atoms. The third-order valence-electron chi connectivity index (χ3n) is 18.4. The van der Waals surface area contributed by atoms with Crippen LogP contribution >= 0.6 is 27.3 Å². The van der Waals surface area contributed by atoms with E-state index >= 15 is 0 Å². The monoisotopic (exact) mass is 1160 g/mol. The van der Waals surface area contributed by atoms with Crippen molar-refractivity contribution in [1.82, 2.24) is 34.6 Å². The van der Waals surface area contributed by atoms with Crippen molar-refractivity contribution in [1.29, 1.82) is 0 Å². The zero-order valence-electron chi connectivity index (χ0n) is 45.8. The van der Waals surface area contributed by atoms with E-state index in [1.807, 2.05) is 36.7 Å². The number of aliphatic imine (C=N–C) groups is 1. The fourth-order valence-electron chi connectivity index (χ4n) is 14.1. The van der Waals surface area contributed by atoms with Crippen LogP contribution in [0.25, 0.3) is 27.0 Å². The van der Waals surface area contributed by atoms with E-state index in [1.54, 1.807) is 22.5 Å². The highest BCUT2D eigenvalue weighted by molar-refractivity contribution is 9.10. The van der Waals surface area contributed by atoms with Crippen LogP contribution in [0.2, 0.25) is 0 Å². The van der Waals surface area contributed by atoms with Gasteiger partial charge >= 0.3 is 0 Å². The SMILES string of the molecule is Cc1ncsc1-c1ccc([C@H](CN2CCOCC2)NC(=O)[C@@H]2C[C@@H](O)CN2C(=O)[C@@H](N=C/C(=N\N)c2ccc(CN3CCC(c4ccc5c(c4)-n4c(nc(=O)c6c(Br)cccc64)C54CCCCC4)CC3)cc2)C2CCCCC2)cc1. The third kappa shape index (κ3) is 11.0. The molecule has 4 atom stereocenters. The van der Waals surface area contributed by atoms with Crippen LogP contribution in [-0.4, -0.2) is 129 Å². The maximum absolute atomic E-state index is 14.9. The third-order valence-corrected chi connectivity index (χ3v) is 20.0. The van der Waals surface area contributed by atoms with Crippen LogP contribution in [0.3, 0.4) is 0 Å². The molecule has 0 bridgehead atoms.